The number of hydrogen-bond acceptors (Lipinski definition) is 0. The van der Waals surface area contributed by atoms with Crippen molar-refractivity contribution in [2.24, 2.45) is 0 Å². The lowest BCUT2D eigenvalue weighted by molar-refractivity contribution is 1.41. The quantitative estimate of drug-likeness (QED) is 0.395. The molecule has 0 aromatic carbocycles. The molecule has 0 rings (SSSR count). The van der Waals surface area contributed by atoms with Crippen molar-refractivity contribution in [3.05, 3.63) is 49.6 Å². The monoisotopic (exact) mass is 120 g/mol. The predicted molar refractivity (Wildman–Crippen MR) is 43.3 cm³/mol. The summed E-state index contributed by atoms with van der Waals surface area (Å²) in [4.78, 5) is 0. The van der Waals surface area contributed by atoms with Crippen LogP contribution in [0.4, 0.5) is 0 Å². The fourth-order valence-corrected chi connectivity index (χ4v) is 0.396. The Hall–Kier alpha value is -1.04. The first-order valence-electron chi connectivity index (χ1n) is 2.97. The normalized spacial score (nSPS) is 10.7. The zero-order valence-electron chi connectivity index (χ0n) is 5.59. The molecule has 0 aliphatic carbocycles. The van der Waals surface area contributed by atoms with Gasteiger partial charge in [0, 0.05) is 0 Å². The zero-order valence-corrected chi connectivity index (χ0v) is 5.59. The first-order valence-corrected chi connectivity index (χ1v) is 2.97. The van der Waals surface area contributed by atoms with Crippen molar-refractivity contribution in [3.63, 3.8) is 0 Å². The van der Waals surface area contributed by atoms with E-state index in [1.807, 2.05) is 30.4 Å². The van der Waals surface area contributed by atoms with E-state index < -0.39 is 0 Å². The van der Waals surface area contributed by atoms with Crippen LogP contribution in [0.1, 0.15) is 6.42 Å². The summed E-state index contributed by atoms with van der Waals surface area (Å²) in [6.07, 6.45) is 12.4. The Morgan fingerprint density at radius 3 is 2.33 bits per heavy atom. The highest BCUT2D eigenvalue weighted by Crippen LogP contribution is 1.83. The number of rotatable bonds is 4. The highest BCUT2D eigenvalue weighted by Gasteiger charge is 1.62. The molecule has 0 amide bonds. The number of hydrogen-bond donors (Lipinski definition) is 0. The largest absolute Gasteiger partial charge is 0.103 e. The van der Waals surface area contributed by atoms with Gasteiger partial charge in [0.25, 0.3) is 0 Å². The summed E-state index contributed by atoms with van der Waals surface area (Å²) in [6, 6.07) is 0. The topological polar surface area (TPSA) is 0 Å². The van der Waals surface area contributed by atoms with Crippen molar-refractivity contribution < 1.29 is 0 Å². The van der Waals surface area contributed by atoms with Gasteiger partial charge in [0.15, 0.2) is 0 Å². The molecule has 0 heterocycles. The van der Waals surface area contributed by atoms with Crippen molar-refractivity contribution >= 4 is 0 Å². The van der Waals surface area contributed by atoms with Crippen LogP contribution in [0, 0.1) is 0 Å². The maximum Gasteiger partial charge on any atom is -0.0169 e. The van der Waals surface area contributed by atoms with Crippen LogP contribution in [0.5, 0.6) is 0 Å². The Morgan fingerprint density at radius 1 is 1.00 bits per heavy atom. The second-order valence-electron chi connectivity index (χ2n) is 1.57. The lowest BCUT2D eigenvalue weighted by Gasteiger charge is -1.74. The van der Waals surface area contributed by atoms with E-state index in [-0.39, 0.29) is 0 Å². The van der Waals surface area contributed by atoms with E-state index in [4.69, 9.17) is 0 Å². The lowest BCUT2D eigenvalue weighted by atomic mass is 10.3. The summed E-state index contributed by atoms with van der Waals surface area (Å²) in [6.45, 7) is 7.12. The maximum absolute atomic E-state index is 3.58. The van der Waals surface area contributed by atoms with Crippen molar-refractivity contribution in [2.45, 2.75) is 6.42 Å². The molecular weight excluding hydrogens is 108 g/mol. The van der Waals surface area contributed by atoms with E-state index in [9.17, 15) is 0 Å². The van der Waals surface area contributed by atoms with Crippen LogP contribution in [0.3, 0.4) is 0 Å². The predicted octanol–water partition coefficient (Wildman–Crippen LogP) is 2.86. The van der Waals surface area contributed by atoms with Crippen molar-refractivity contribution in [2.75, 3.05) is 0 Å². The standard InChI is InChI=1S/C9H12/c1-3-5-7-9-8-6-4-2/h3-5,7-9H,1-2,6H2/b7-5+,9-8+. The van der Waals surface area contributed by atoms with Gasteiger partial charge in [0.05, 0.1) is 0 Å². The summed E-state index contributed by atoms with van der Waals surface area (Å²) in [5.74, 6) is 0. The van der Waals surface area contributed by atoms with Crippen LogP contribution in [0.2, 0.25) is 0 Å². The van der Waals surface area contributed by atoms with Gasteiger partial charge >= 0.3 is 0 Å². The van der Waals surface area contributed by atoms with E-state index in [2.05, 4.69) is 13.2 Å². The number of allylic oxidation sites excluding steroid dienone is 6. The molecule has 9 heavy (non-hydrogen) atoms. The molecule has 0 N–H and O–H groups in total. The highest BCUT2D eigenvalue weighted by atomic mass is 13.7. The lowest BCUT2D eigenvalue weighted by Crippen LogP contribution is -1.52. The first kappa shape index (κ1) is 7.96. The molecule has 0 aliphatic heterocycles. The highest BCUT2D eigenvalue weighted by molar-refractivity contribution is 5.09. The Labute approximate surface area is 56.9 Å². The summed E-state index contributed by atoms with van der Waals surface area (Å²) in [5.41, 5.74) is 0. The molecule has 0 radical (unpaired) electrons. The van der Waals surface area contributed by atoms with Crippen LogP contribution in [-0.4, -0.2) is 0 Å². The Balaban J connectivity index is 3.33. The van der Waals surface area contributed by atoms with Crippen molar-refractivity contribution in [3.8, 4) is 0 Å². The summed E-state index contributed by atoms with van der Waals surface area (Å²) < 4.78 is 0. The van der Waals surface area contributed by atoms with Crippen LogP contribution in [0.25, 0.3) is 0 Å². The molecule has 0 bridgehead atoms. The molecule has 0 spiro atoms. The van der Waals surface area contributed by atoms with Gasteiger partial charge in [-0.05, 0) is 6.42 Å². The van der Waals surface area contributed by atoms with Gasteiger partial charge < -0.3 is 0 Å². The smallest absolute Gasteiger partial charge is 0.0169 e. The molecule has 48 valence electrons. The van der Waals surface area contributed by atoms with Crippen molar-refractivity contribution in [1.82, 2.24) is 0 Å². The van der Waals surface area contributed by atoms with Crippen molar-refractivity contribution in [1.29, 1.82) is 0 Å². The van der Waals surface area contributed by atoms with Crippen LogP contribution in [-0.2, 0) is 0 Å². The fourth-order valence-electron chi connectivity index (χ4n) is 0.396. The molecule has 0 nitrogen and oxygen atoms in total. The van der Waals surface area contributed by atoms with Gasteiger partial charge in [0.2, 0.25) is 0 Å². The van der Waals surface area contributed by atoms with E-state index >= 15 is 0 Å². The van der Waals surface area contributed by atoms with E-state index in [0.29, 0.717) is 0 Å². The van der Waals surface area contributed by atoms with Gasteiger partial charge in [-0.3, -0.25) is 0 Å². The molecule has 0 heteroatoms. The van der Waals surface area contributed by atoms with E-state index in [1.54, 1.807) is 6.08 Å². The first-order chi connectivity index (χ1) is 4.41. The maximum atomic E-state index is 3.58. The Bertz CT molecular complexity index is 127. The average molecular weight is 120 g/mol. The third-order valence-corrected chi connectivity index (χ3v) is 0.797. The molecule has 0 saturated heterocycles. The second-order valence-corrected chi connectivity index (χ2v) is 1.57. The molecule has 0 aliphatic rings. The summed E-state index contributed by atoms with van der Waals surface area (Å²) in [5, 5.41) is 0. The third-order valence-electron chi connectivity index (χ3n) is 0.797. The molecule has 0 unspecified atom stereocenters. The SMILES string of the molecule is C=C/C=C/C=C/CC=C. The van der Waals surface area contributed by atoms with Crippen LogP contribution >= 0.6 is 0 Å². The summed E-state index contributed by atoms with van der Waals surface area (Å²) in [7, 11) is 0. The molecule has 0 aromatic rings. The second kappa shape index (κ2) is 6.96. The minimum absolute atomic E-state index is 0.932. The van der Waals surface area contributed by atoms with E-state index in [1.165, 1.54) is 0 Å². The van der Waals surface area contributed by atoms with Crippen LogP contribution < -0.4 is 0 Å². The molecular formula is C9H12. The Kier molecular flexibility index (Phi) is 6.16. The summed E-state index contributed by atoms with van der Waals surface area (Å²) >= 11 is 0. The van der Waals surface area contributed by atoms with Gasteiger partial charge in [0.1, 0.15) is 0 Å². The minimum atomic E-state index is 0.932. The fraction of sp³-hybridized carbons (Fsp3) is 0.111. The molecule has 0 atom stereocenters. The van der Waals surface area contributed by atoms with Gasteiger partial charge in [-0.2, -0.15) is 0 Å². The van der Waals surface area contributed by atoms with Crippen LogP contribution in [0.15, 0.2) is 49.6 Å². The van der Waals surface area contributed by atoms with Gasteiger partial charge in [-0.25, -0.2) is 0 Å². The molecule has 0 saturated carbocycles. The Morgan fingerprint density at radius 2 is 1.78 bits per heavy atom. The van der Waals surface area contributed by atoms with Gasteiger partial charge in [-0.1, -0.05) is 43.0 Å². The molecule has 0 fully saturated rings. The third kappa shape index (κ3) is 6.96. The van der Waals surface area contributed by atoms with Gasteiger partial charge in [-0.15, -0.1) is 6.58 Å². The molecule has 0 aromatic heterocycles. The zero-order chi connectivity index (χ0) is 6.95. The van der Waals surface area contributed by atoms with E-state index in [0.717, 1.165) is 6.42 Å². The average Bonchev–Trinajstić information content (AvgIpc) is 1.89. The minimum Gasteiger partial charge on any atom is -0.103 e.